The van der Waals surface area contributed by atoms with E-state index in [-0.39, 0.29) is 11.5 Å². The standard InChI is InChI=1S/C16H28N2O2/c1-16(2,3)12-10-11(6-7-14(12)20-5)15(19)13(18-4)8-9-17/h6-7,10,13,15,18-19H,8-9,17H2,1-5H3. The lowest BCUT2D eigenvalue weighted by Crippen LogP contribution is -2.34. The molecule has 2 unspecified atom stereocenters. The number of hydrogen-bond donors (Lipinski definition) is 3. The third-order valence-corrected chi connectivity index (χ3v) is 3.60. The van der Waals surface area contributed by atoms with Gasteiger partial charge in [0.1, 0.15) is 5.75 Å². The summed E-state index contributed by atoms with van der Waals surface area (Å²) in [4.78, 5) is 0. The second kappa shape index (κ2) is 7.07. The van der Waals surface area contributed by atoms with Crippen LogP contribution in [0, 0.1) is 0 Å². The van der Waals surface area contributed by atoms with Crippen LogP contribution in [-0.4, -0.2) is 31.9 Å². The van der Waals surface area contributed by atoms with Gasteiger partial charge in [-0.2, -0.15) is 0 Å². The largest absolute Gasteiger partial charge is 0.496 e. The number of rotatable bonds is 6. The summed E-state index contributed by atoms with van der Waals surface area (Å²) in [5, 5.41) is 13.6. The number of methoxy groups -OCH3 is 1. The molecular weight excluding hydrogens is 252 g/mol. The summed E-state index contributed by atoms with van der Waals surface area (Å²) in [6, 6.07) is 5.83. The Kier molecular flexibility index (Phi) is 5.99. The molecule has 1 aromatic rings. The molecule has 0 saturated carbocycles. The third-order valence-electron chi connectivity index (χ3n) is 3.60. The maximum Gasteiger partial charge on any atom is 0.122 e. The fourth-order valence-corrected chi connectivity index (χ4v) is 2.37. The highest BCUT2D eigenvalue weighted by atomic mass is 16.5. The number of likely N-dealkylation sites (N-methyl/N-ethyl adjacent to an activating group) is 1. The highest BCUT2D eigenvalue weighted by molar-refractivity contribution is 5.42. The second-order valence-corrected chi connectivity index (χ2v) is 6.13. The fourth-order valence-electron chi connectivity index (χ4n) is 2.37. The molecule has 0 aliphatic carbocycles. The van der Waals surface area contributed by atoms with Crippen molar-refractivity contribution in [3.8, 4) is 5.75 Å². The van der Waals surface area contributed by atoms with E-state index >= 15 is 0 Å². The summed E-state index contributed by atoms with van der Waals surface area (Å²) in [6.07, 6.45) is 0.157. The number of nitrogens with two attached hydrogens (primary N) is 1. The first-order valence-corrected chi connectivity index (χ1v) is 7.09. The van der Waals surface area contributed by atoms with E-state index in [0.717, 1.165) is 23.3 Å². The van der Waals surface area contributed by atoms with E-state index in [1.54, 1.807) is 7.11 Å². The predicted molar refractivity (Wildman–Crippen MR) is 83.2 cm³/mol. The van der Waals surface area contributed by atoms with Crippen molar-refractivity contribution in [3.05, 3.63) is 29.3 Å². The molecule has 0 heterocycles. The van der Waals surface area contributed by atoms with E-state index in [0.29, 0.717) is 6.54 Å². The zero-order chi connectivity index (χ0) is 15.3. The topological polar surface area (TPSA) is 67.5 Å². The van der Waals surface area contributed by atoms with Crippen LogP contribution in [0.1, 0.15) is 44.4 Å². The molecule has 0 fully saturated rings. The summed E-state index contributed by atoms with van der Waals surface area (Å²) in [5.41, 5.74) is 7.55. The van der Waals surface area contributed by atoms with Crippen molar-refractivity contribution in [1.29, 1.82) is 0 Å². The summed E-state index contributed by atoms with van der Waals surface area (Å²) in [6.45, 7) is 6.95. The molecule has 4 N–H and O–H groups in total. The van der Waals surface area contributed by atoms with Crippen molar-refractivity contribution >= 4 is 0 Å². The number of nitrogens with one attached hydrogen (secondary N) is 1. The van der Waals surface area contributed by atoms with Crippen LogP contribution in [0.4, 0.5) is 0 Å². The lowest BCUT2D eigenvalue weighted by molar-refractivity contribution is 0.128. The number of benzene rings is 1. The molecule has 0 bridgehead atoms. The Hall–Kier alpha value is -1.10. The van der Waals surface area contributed by atoms with Crippen LogP contribution < -0.4 is 15.8 Å². The molecule has 114 valence electrons. The molecule has 0 aliphatic rings. The molecule has 2 atom stereocenters. The molecule has 0 aliphatic heterocycles. The summed E-state index contributed by atoms with van der Waals surface area (Å²) >= 11 is 0. The third kappa shape index (κ3) is 3.95. The van der Waals surface area contributed by atoms with Gasteiger partial charge in [0.15, 0.2) is 0 Å². The van der Waals surface area contributed by atoms with Crippen LogP contribution in [0.2, 0.25) is 0 Å². The summed E-state index contributed by atoms with van der Waals surface area (Å²) in [5.74, 6) is 0.855. The van der Waals surface area contributed by atoms with Crippen LogP contribution >= 0.6 is 0 Å². The van der Waals surface area contributed by atoms with Crippen LogP contribution in [0.15, 0.2) is 18.2 Å². The first-order chi connectivity index (χ1) is 9.35. The number of hydrogen-bond acceptors (Lipinski definition) is 4. The lowest BCUT2D eigenvalue weighted by Gasteiger charge is -2.26. The van der Waals surface area contributed by atoms with Gasteiger partial charge in [-0.1, -0.05) is 26.8 Å². The van der Waals surface area contributed by atoms with Crippen molar-refractivity contribution in [2.45, 2.75) is 44.8 Å². The van der Waals surface area contributed by atoms with Gasteiger partial charge in [-0.05, 0) is 48.7 Å². The molecule has 1 rings (SSSR count). The second-order valence-electron chi connectivity index (χ2n) is 6.13. The van der Waals surface area contributed by atoms with Gasteiger partial charge in [0, 0.05) is 6.04 Å². The van der Waals surface area contributed by atoms with Gasteiger partial charge in [0.25, 0.3) is 0 Å². The van der Waals surface area contributed by atoms with E-state index in [2.05, 4.69) is 26.1 Å². The average Bonchev–Trinajstić information content (AvgIpc) is 2.42. The van der Waals surface area contributed by atoms with Crippen molar-refractivity contribution in [1.82, 2.24) is 5.32 Å². The zero-order valence-electron chi connectivity index (χ0n) is 13.2. The van der Waals surface area contributed by atoms with Gasteiger partial charge in [-0.3, -0.25) is 0 Å². The Bertz CT molecular complexity index is 427. The van der Waals surface area contributed by atoms with E-state index < -0.39 is 6.10 Å². The van der Waals surface area contributed by atoms with Gasteiger partial charge >= 0.3 is 0 Å². The Balaban J connectivity index is 3.14. The zero-order valence-corrected chi connectivity index (χ0v) is 13.2. The van der Waals surface area contributed by atoms with Crippen LogP contribution in [0.3, 0.4) is 0 Å². The monoisotopic (exact) mass is 280 g/mol. The minimum Gasteiger partial charge on any atom is -0.496 e. The Morgan fingerprint density at radius 2 is 2.00 bits per heavy atom. The molecule has 1 aromatic carbocycles. The predicted octanol–water partition coefficient (Wildman–Crippen LogP) is 1.96. The molecule has 20 heavy (non-hydrogen) atoms. The quantitative estimate of drug-likeness (QED) is 0.745. The molecule has 0 radical (unpaired) electrons. The average molecular weight is 280 g/mol. The lowest BCUT2D eigenvalue weighted by atomic mass is 9.84. The first-order valence-electron chi connectivity index (χ1n) is 7.09. The van der Waals surface area contributed by atoms with Gasteiger partial charge in [-0.25, -0.2) is 0 Å². The highest BCUT2D eigenvalue weighted by Crippen LogP contribution is 2.34. The van der Waals surface area contributed by atoms with Gasteiger partial charge < -0.3 is 20.9 Å². The van der Waals surface area contributed by atoms with Crippen molar-refractivity contribution in [3.63, 3.8) is 0 Å². The van der Waals surface area contributed by atoms with Gasteiger partial charge in [0.2, 0.25) is 0 Å². The maximum atomic E-state index is 10.5. The van der Waals surface area contributed by atoms with Crippen molar-refractivity contribution in [2.24, 2.45) is 5.73 Å². The number of aliphatic hydroxyl groups is 1. The molecular formula is C16H28N2O2. The molecule has 4 heteroatoms. The van der Waals surface area contributed by atoms with E-state index in [1.165, 1.54) is 0 Å². The highest BCUT2D eigenvalue weighted by Gasteiger charge is 2.23. The van der Waals surface area contributed by atoms with E-state index in [9.17, 15) is 5.11 Å². The Morgan fingerprint density at radius 3 is 2.45 bits per heavy atom. The van der Waals surface area contributed by atoms with Gasteiger partial charge in [0.05, 0.1) is 13.2 Å². The first kappa shape index (κ1) is 17.0. The van der Waals surface area contributed by atoms with E-state index in [1.807, 2.05) is 25.2 Å². The van der Waals surface area contributed by atoms with Crippen molar-refractivity contribution in [2.75, 3.05) is 20.7 Å². The van der Waals surface area contributed by atoms with Gasteiger partial charge in [-0.15, -0.1) is 0 Å². The molecule has 0 spiro atoms. The maximum absolute atomic E-state index is 10.5. The smallest absolute Gasteiger partial charge is 0.122 e. The van der Waals surface area contributed by atoms with Crippen molar-refractivity contribution < 1.29 is 9.84 Å². The molecule has 0 amide bonds. The van der Waals surface area contributed by atoms with Crippen LogP contribution in [0.5, 0.6) is 5.75 Å². The summed E-state index contributed by atoms with van der Waals surface area (Å²) in [7, 11) is 3.52. The molecule has 4 nitrogen and oxygen atoms in total. The van der Waals surface area contributed by atoms with Crippen LogP contribution in [0.25, 0.3) is 0 Å². The summed E-state index contributed by atoms with van der Waals surface area (Å²) < 4.78 is 5.42. The molecule has 0 saturated heterocycles. The number of ether oxygens (including phenoxy) is 1. The van der Waals surface area contributed by atoms with E-state index in [4.69, 9.17) is 10.5 Å². The minimum absolute atomic E-state index is 0.0376. The minimum atomic E-state index is -0.574. The van der Waals surface area contributed by atoms with Crippen LogP contribution in [-0.2, 0) is 5.41 Å². The Morgan fingerprint density at radius 1 is 1.35 bits per heavy atom. The normalized spacial score (nSPS) is 14.9. The Labute approximate surface area is 122 Å². The number of aliphatic hydroxyl groups excluding tert-OH is 1. The SMILES string of the molecule is CNC(CCN)C(O)c1ccc(OC)c(C(C)(C)C)c1. The molecule has 0 aromatic heterocycles. The fraction of sp³-hybridized carbons (Fsp3) is 0.625.